The molecule has 0 fully saturated rings. The van der Waals surface area contributed by atoms with E-state index in [9.17, 15) is 19.1 Å². The van der Waals surface area contributed by atoms with Crippen molar-refractivity contribution in [2.45, 2.75) is 39.0 Å². The summed E-state index contributed by atoms with van der Waals surface area (Å²) in [5.41, 5.74) is -0.296. The molecule has 0 aromatic carbocycles. The van der Waals surface area contributed by atoms with Crippen LogP contribution in [-0.4, -0.2) is 93.9 Å². The van der Waals surface area contributed by atoms with Crippen molar-refractivity contribution < 1.29 is 42.6 Å². The van der Waals surface area contributed by atoms with Crippen molar-refractivity contribution >= 4 is 15.5 Å². The Morgan fingerprint density at radius 1 is 0.931 bits per heavy atom. The van der Waals surface area contributed by atoms with E-state index in [1.165, 1.54) is 0 Å². The number of ether oxygens (including phenoxy) is 4. The lowest BCUT2D eigenvalue weighted by molar-refractivity contribution is -0.0237. The minimum absolute atomic E-state index is 0.00346. The fourth-order valence-electron chi connectivity index (χ4n) is 1.78. The molecule has 0 rings (SSSR count). The molecular weight excluding hydrogens is 424 g/mol. The van der Waals surface area contributed by atoms with Gasteiger partial charge in [-0.3, -0.25) is 4.57 Å². The van der Waals surface area contributed by atoms with Gasteiger partial charge in [0.2, 0.25) is 0 Å². The first-order chi connectivity index (χ1) is 13.8. The Morgan fingerprint density at radius 2 is 1.45 bits per heavy atom. The molecule has 0 saturated carbocycles. The summed E-state index contributed by atoms with van der Waals surface area (Å²) in [6.07, 6.45) is 0.274. The van der Waals surface area contributed by atoms with E-state index < -0.39 is 21.7 Å². The van der Waals surface area contributed by atoms with Crippen LogP contribution in [0.2, 0.25) is 0 Å². The van der Waals surface area contributed by atoms with Crippen molar-refractivity contribution in [2.24, 2.45) is 0 Å². The van der Waals surface area contributed by atoms with Crippen molar-refractivity contribution in [2.75, 3.05) is 72.2 Å². The van der Waals surface area contributed by atoms with Gasteiger partial charge < -0.3 is 28.9 Å². The largest absolute Gasteiger partial charge is 0.507 e. The summed E-state index contributed by atoms with van der Waals surface area (Å²) >= 11 is 0. The highest BCUT2D eigenvalue weighted by molar-refractivity contribution is 7.56. The Balaban J connectivity index is 3.26. The highest BCUT2D eigenvalue weighted by Crippen LogP contribution is 2.40. The third-order valence-corrected chi connectivity index (χ3v) is 6.63. The fourth-order valence-corrected chi connectivity index (χ4v) is 3.15. The summed E-state index contributed by atoms with van der Waals surface area (Å²) in [4.78, 5) is 9.59. The van der Waals surface area contributed by atoms with E-state index in [2.05, 4.69) is 5.09 Å². The Morgan fingerprint density at radius 3 is 1.97 bits per heavy atom. The summed E-state index contributed by atoms with van der Waals surface area (Å²) in [5, 5.41) is 12.2. The zero-order valence-corrected chi connectivity index (χ0v) is 19.6. The summed E-state index contributed by atoms with van der Waals surface area (Å²) in [6, 6.07) is 0. The van der Waals surface area contributed by atoms with Gasteiger partial charge >= 0.3 is 8.03 Å². The molecule has 174 valence electrons. The molecule has 0 aliphatic carbocycles. The standard InChI is InChI=1S/C17H37NO9P2/c1-4-28(20)27-15-17(19)14-26-13-12-25-11-10-24-9-8-23-7-5-6-18-29(21,22)16(2)3/h16-17,19H,4-15H2,1-3H3,(H-,18,21,22)/p+1. The highest BCUT2D eigenvalue weighted by atomic mass is 31.2. The number of hydrogen-bond donors (Lipinski definition) is 3. The van der Waals surface area contributed by atoms with Crippen molar-refractivity contribution in [1.29, 1.82) is 0 Å². The van der Waals surface area contributed by atoms with E-state index >= 15 is 0 Å². The molecule has 0 radical (unpaired) electrons. The molecule has 0 aromatic rings. The van der Waals surface area contributed by atoms with Crippen LogP contribution in [0.5, 0.6) is 0 Å². The Labute approximate surface area is 175 Å². The lowest BCUT2D eigenvalue weighted by atomic mass is 10.4. The van der Waals surface area contributed by atoms with Crippen molar-refractivity contribution in [1.82, 2.24) is 5.09 Å². The van der Waals surface area contributed by atoms with E-state index in [-0.39, 0.29) is 18.9 Å². The van der Waals surface area contributed by atoms with Gasteiger partial charge in [-0.2, -0.15) is 0 Å². The van der Waals surface area contributed by atoms with Crippen LogP contribution in [0.15, 0.2) is 0 Å². The van der Waals surface area contributed by atoms with E-state index in [0.717, 1.165) is 0 Å². The second kappa shape index (κ2) is 18.8. The van der Waals surface area contributed by atoms with E-state index in [1.54, 1.807) is 20.8 Å². The van der Waals surface area contributed by atoms with Crippen LogP contribution in [0.4, 0.5) is 0 Å². The second-order valence-corrected chi connectivity index (χ2v) is 10.6. The van der Waals surface area contributed by atoms with Gasteiger partial charge in [0.25, 0.3) is 7.52 Å². The van der Waals surface area contributed by atoms with Gasteiger partial charge in [0.15, 0.2) is 6.16 Å². The highest BCUT2D eigenvalue weighted by Gasteiger charge is 2.21. The maximum absolute atomic E-state index is 11.7. The SMILES string of the molecule is CC[P+](=O)OCC(O)COCCOCCOCCOCCCNP(=O)(O)C(C)C. The predicted octanol–water partition coefficient (Wildman–Crippen LogP) is 1.77. The first-order valence-corrected chi connectivity index (χ1v) is 13.0. The van der Waals surface area contributed by atoms with Crippen LogP contribution in [0.1, 0.15) is 27.2 Å². The van der Waals surface area contributed by atoms with Crippen molar-refractivity contribution in [3.05, 3.63) is 0 Å². The predicted molar refractivity (Wildman–Crippen MR) is 111 cm³/mol. The van der Waals surface area contributed by atoms with E-state index in [1.807, 2.05) is 0 Å². The normalized spacial score (nSPS) is 15.4. The molecule has 0 saturated heterocycles. The lowest BCUT2D eigenvalue weighted by Gasteiger charge is -2.16. The van der Waals surface area contributed by atoms with E-state index in [0.29, 0.717) is 65.4 Å². The molecule has 0 aliphatic rings. The minimum Gasteiger partial charge on any atom is -0.388 e. The van der Waals surface area contributed by atoms with Gasteiger partial charge in [-0.1, -0.05) is 13.8 Å². The summed E-state index contributed by atoms with van der Waals surface area (Å²) in [5.74, 6) is 0. The molecule has 10 nitrogen and oxygen atoms in total. The quantitative estimate of drug-likeness (QED) is 0.171. The lowest BCUT2D eigenvalue weighted by Crippen LogP contribution is -2.22. The van der Waals surface area contributed by atoms with Gasteiger partial charge in [0, 0.05) is 18.8 Å². The summed E-state index contributed by atoms with van der Waals surface area (Å²) in [6.45, 7) is 8.69. The van der Waals surface area contributed by atoms with Gasteiger partial charge in [0.05, 0.1) is 46.2 Å². The molecule has 0 heterocycles. The molecule has 0 spiro atoms. The van der Waals surface area contributed by atoms with Crippen LogP contribution < -0.4 is 5.09 Å². The maximum atomic E-state index is 11.7. The molecule has 12 heteroatoms. The van der Waals surface area contributed by atoms with Crippen LogP contribution >= 0.6 is 15.5 Å². The molecular formula is C17H38NO9P2+. The molecule has 3 unspecified atom stereocenters. The zero-order chi connectivity index (χ0) is 22.0. The van der Waals surface area contributed by atoms with Gasteiger partial charge in [-0.05, 0) is 17.9 Å². The number of hydrogen-bond acceptors (Lipinski definition) is 8. The number of nitrogens with one attached hydrogen (secondary N) is 1. The Kier molecular flexibility index (Phi) is 18.8. The van der Waals surface area contributed by atoms with Crippen molar-refractivity contribution in [3.8, 4) is 0 Å². The molecule has 0 amide bonds. The first-order valence-electron chi connectivity index (χ1n) is 9.93. The smallest absolute Gasteiger partial charge is 0.388 e. The number of aliphatic hydroxyl groups is 1. The van der Waals surface area contributed by atoms with Crippen molar-refractivity contribution in [3.63, 3.8) is 0 Å². The van der Waals surface area contributed by atoms with E-state index in [4.69, 9.17) is 23.5 Å². The minimum atomic E-state index is -3.24. The third-order valence-electron chi connectivity index (χ3n) is 3.60. The molecule has 3 atom stereocenters. The monoisotopic (exact) mass is 462 g/mol. The van der Waals surface area contributed by atoms with Crippen LogP contribution in [0.3, 0.4) is 0 Å². The molecule has 0 aromatic heterocycles. The fraction of sp³-hybridized carbons (Fsp3) is 1.00. The Hall–Kier alpha value is 0.01000. The molecule has 0 bridgehead atoms. The molecule has 29 heavy (non-hydrogen) atoms. The maximum Gasteiger partial charge on any atom is 0.507 e. The van der Waals surface area contributed by atoms with Crippen LogP contribution in [0, 0.1) is 0 Å². The van der Waals surface area contributed by atoms with Crippen LogP contribution in [0.25, 0.3) is 0 Å². The number of rotatable bonds is 21. The summed E-state index contributed by atoms with van der Waals surface area (Å²) < 4.78 is 49.0. The third kappa shape index (κ3) is 18.5. The average molecular weight is 462 g/mol. The van der Waals surface area contributed by atoms with Gasteiger partial charge in [-0.15, -0.1) is 4.52 Å². The first kappa shape index (κ1) is 29.0. The van der Waals surface area contributed by atoms with Gasteiger partial charge in [-0.25, -0.2) is 5.09 Å². The summed E-state index contributed by atoms with van der Waals surface area (Å²) in [7, 11) is -4.93. The Bertz CT molecular complexity index is 455. The topological polar surface area (TPSA) is 133 Å². The van der Waals surface area contributed by atoms with Crippen LogP contribution in [-0.2, 0) is 32.6 Å². The second-order valence-electron chi connectivity index (χ2n) is 6.49. The average Bonchev–Trinajstić information content (AvgIpc) is 2.68. The zero-order valence-electron chi connectivity index (χ0n) is 17.8. The number of aliphatic hydroxyl groups excluding tert-OH is 1. The molecule has 3 N–H and O–H groups in total. The van der Waals surface area contributed by atoms with Gasteiger partial charge in [0.1, 0.15) is 12.7 Å². The molecule has 0 aliphatic heterocycles.